The van der Waals surface area contributed by atoms with E-state index in [0.29, 0.717) is 18.8 Å². The van der Waals surface area contributed by atoms with E-state index in [-0.39, 0.29) is 17.2 Å². The molecule has 0 saturated carbocycles. The van der Waals surface area contributed by atoms with E-state index in [2.05, 4.69) is 9.97 Å². The molecule has 1 aromatic rings. The van der Waals surface area contributed by atoms with Gasteiger partial charge in [-0.05, 0) is 19.3 Å². The van der Waals surface area contributed by atoms with Crippen LogP contribution in [-0.2, 0) is 4.79 Å². The van der Waals surface area contributed by atoms with E-state index in [1.807, 2.05) is 7.05 Å². The highest BCUT2D eigenvalue weighted by atomic mass is 16.2. The maximum absolute atomic E-state index is 12.4. The van der Waals surface area contributed by atoms with Gasteiger partial charge in [-0.25, -0.2) is 4.98 Å². The number of hydrogen-bond donors (Lipinski definition) is 0. The zero-order valence-corrected chi connectivity index (χ0v) is 11.6. The zero-order chi connectivity index (χ0) is 14.2. The maximum Gasteiger partial charge on any atom is 0.274 e. The van der Waals surface area contributed by atoms with Gasteiger partial charge < -0.3 is 9.80 Å². The van der Waals surface area contributed by atoms with Crippen molar-refractivity contribution in [3.8, 4) is 0 Å². The molecule has 2 aliphatic heterocycles. The summed E-state index contributed by atoms with van der Waals surface area (Å²) in [7, 11) is 1.83. The molecule has 0 radical (unpaired) electrons. The first-order valence-corrected chi connectivity index (χ1v) is 6.93. The lowest BCUT2D eigenvalue weighted by Gasteiger charge is -2.38. The molecule has 0 aromatic carbocycles. The highest BCUT2D eigenvalue weighted by molar-refractivity contribution is 5.93. The Bertz CT molecular complexity index is 529. The third-order valence-corrected chi connectivity index (χ3v) is 4.37. The molecule has 1 aromatic heterocycles. The number of aromatic nitrogens is 2. The van der Waals surface area contributed by atoms with Gasteiger partial charge in [0.2, 0.25) is 5.91 Å². The highest BCUT2D eigenvalue weighted by Crippen LogP contribution is 2.39. The van der Waals surface area contributed by atoms with Gasteiger partial charge >= 0.3 is 0 Å². The van der Waals surface area contributed by atoms with Crippen molar-refractivity contribution in [1.82, 2.24) is 19.8 Å². The van der Waals surface area contributed by atoms with E-state index < -0.39 is 0 Å². The number of carbonyl (C=O) groups excluding carboxylic acids is 2. The molecule has 3 heterocycles. The molecule has 3 rings (SSSR count). The Balaban J connectivity index is 1.79. The predicted molar refractivity (Wildman–Crippen MR) is 71.9 cm³/mol. The van der Waals surface area contributed by atoms with Crippen molar-refractivity contribution in [1.29, 1.82) is 0 Å². The molecule has 6 heteroatoms. The monoisotopic (exact) mass is 274 g/mol. The zero-order valence-electron chi connectivity index (χ0n) is 11.6. The average Bonchev–Trinajstić information content (AvgIpc) is 2.76. The molecule has 2 amide bonds. The van der Waals surface area contributed by atoms with Gasteiger partial charge in [0, 0.05) is 39.1 Å². The third-order valence-electron chi connectivity index (χ3n) is 4.37. The molecule has 2 aliphatic rings. The van der Waals surface area contributed by atoms with Gasteiger partial charge in [-0.15, -0.1) is 0 Å². The molecular weight excluding hydrogens is 256 g/mol. The lowest BCUT2D eigenvalue weighted by Crippen LogP contribution is -2.49. The molecule has 0 bridgehead atoms. The van der Waals surface area contributed by atoms with Crippen LogP contribution in [0.5, 0.6) is 0 Å². The normalized spacial score (nSPS) is 26.4. The van der Waals surface area contributed by atoms with Crippen LogP contribution in [0.15, 0.2) is 18.6 Å². The number of hydrogen-bond acceptors (Lipinski definition) is 4. The minimum Gasteiger partial charge on any atom is -0.345 e. The SMILES string of the molecule is CN1CCC2(CCCN(C(=O)c3cnccn3)C2)C1=O. The fourth-order valence-electron chi connectivity index (χ4n) is 3.25. The van der Waals surface area contributed by atoms with Crippen LogP contribution in [0.3, 0.4) is 0 Å². The van der Waals surface area contributed by atoms with Crippen molar-refractivity contribution < 1.29 is 9.59 Å². The lowest BCUT2D eigenvalue weighted by molar-refractivity contribution is -0.137. The molecule has 6 nitrogen and oxygen atoms in total. The van der Waals surface area contributed by atoms with Crippen LogP contribution in [0.25, 0.3) is 0 Å². The number of rotatable bonds is 1. The second-order valence-corrected chi connectivity index (χ2v) is 5.68. The van der Waals surface area contributed by atoms with Gasteiger partial charge in [-0.1, -0.05) is 0 Å². The summed E-state index contributed by atoms with van der Waals surface area (Å²) in [5, 5.41) is 0. The van der Waals surface area contributed by atoms with Gasteiger partial charge in [0.1, 0.15) is 5.69 Å². The van der Waals surface area contributed by atoms with Gasteiger partial charge in [0.05, 0.1) is 11.6 Å². The van der Waals surface area contributed by atoms with E-state index in [1.165, 1.54) is 12.4 Å². The highest BCUT2D eigenvalue weighted by Gasteiger charge is 2.48. The molecule has 1 spiro atoms. The fourth-order valence-corrected chi connectivity index (χ4v) is 3.25. The lowest BCUT2D eigenvalue weighted by atomic mass is 9.78. The van der Waals surface area contributed by atoms with E-state index in [1.54, 1.807) is 16.0 Å². The molecule has 106 valence electrons. The van der Waals surface area contributed by atoms with Crippen LogP contribution in [0, 0.1) is 5.41 Å². The topological polar surface area (TPSA) is 66.4 Å². The van der Waals surface area contributed by atoms with Crippen LogP contribution >= 0.6 is 0 Å². The minimum absolute atomic E-state index is 0.125. The quantitative estimate of drug-likeness (QED) is 0.750. The first-order chi connectivity index (χ1) is 9.62. The van der Waals surface area contributed by atoms with E-state index in [0.717, 1.165) is 25.8 Å². The number of likely N-dealkylation sites (tertiary alicyclic amines) is 2. The molecule has 1 atom stereocenters. The van der Waals surface area contributed by atoms with Gasteiger partial charge in [-0.2, -0.15) is 0 Å². The number of carbonyl (C=O) groups is 2. The molecular formula is C14H18N4O2. The molecule has 1 unspecified atom stereocenters. The van der Waals surface area contributed by atoms with Crippen molar-refractivity contribution in [2.24, 2.45) is 5.41 Å². The Labute approximate surface area is 117 Å². The van der Waals surface area contributed by atoms with Gasteiger partial charge in [-0.3, -0.25) is 14.6 Å². The maximum atomic E-state index is 12.4. The standard InChI is InChI=1S/C14H18N4O2/c1-17-8-4-14(13(17)20)3-2-7-18(10-14)12(19)11-9-15-5-6-16-11/h5-6,9H,2-4,7-8,10H2,1H3. The van der Waals surface area contributed by atoms with Crippen LogP contribution in [0.2, 0.25) is 0 Å². The summed E-state index contributed by atoms with van der Waals surface area (Å²) in [5.74, 6) is 0.0497. The smallest absolute Gasteiger partial charge is 0.274 e. The summed E-state index contributed by atoms with van der Waals surface area (Å²) >= 11 is 0. The largest absolute Gasteiger partial charge is 0.345 e. The summed E-state index contributed by atoms with van der Waals surface area (Å²) in [6.45, 7) is 1.98. The minimum atomic E-state index is -0.370. The van der Waals surface area contributed by atoms with Crippen molar-refractivity contribution in [2.45, 2.75) is 19.3 Å². The summed E-state index contributed by atoms with van der Waals surface area (Å²) in [6.07, 6.45) is 7.12. The van der Waals surface area contributed by atoms with Crippen LogP contribution < -0.4 is 0 Å². The van der Waals surface area contributed by atoms with E-state index >= 15 is 0 Å². The molecule has 2 saturated heterocycles. The van der Waals surface area contributed by atoms with Crippen LogP contribution in [0.1, 0.15) is 29.8 Å². The van der Waals surface area contributed by atoms with Gasteiger partial charge in [0.25, 0.3) is 5.91 Å². The Morgan fingerprint density at radius 2 is 2.15 bits per heavy atom. The summed E-state index contributed by atoms with van der Waals surface area (Å²) in [4.78, 5) is 36.3. The first kappa shape index (κ1) is 13.0. The van der Waals surface area contributed by atoms with Crippen molar-refractivity contribution >= 4 is 11.8 Å². The van der Waals surface area contributed by atoms with Gasteiger partial charge in [0.15, 0.2) is 0 Å². The second-order valence-electron chi connectivity index (χ2n) is 5.68. The van der Waals surface area contributed by atoms with Crippen LogP contribution in [0.4, 0.5) is 0 Å². The van der Waals surface area contributed by atoms with Crippen molar-refractivity contribution in [2.75, 3.05) is 26.7 Å². The number of amides is 2. The molecule has 20 heavy (non-hydrogen) atoms. The molecule has 0 N–H and O–H groups in total. The number of piperidine rings is 1. The molecule has 0 aliphatic carbocycles. The second kappa shape index (κ2) is 4.85. The Hall–Kier alpha value is -1.98. The predicted octanol–water partition coefficient (Wildman–Crippen LogP) is 0.561. The summed E-state index contributed by atoms with van der Waals surface area (Å²) in [5.41, 5.74) is -0.0198. The Kier molecular flexibility index (Phi) is 3.16. The average molecular weight is 274 g/mol. The summed E-state index contributed by atoms with van der Waals surface area (Å²) < 4.78 is 0. The fraction of sp³-hybridized carbons (Fsp3) is 0.571. The Morgan fingerprint density at radius 1 is 1.30 bits per heavy atom. The number of nitrogens with zero attached hydrogens (tertiary/aromatic N) is 4. The first-order valence-electron chi connectivity index (χ1n) is 6.93. The summed E-state index contributed by atoms with van der Waals surface area (Å²) in [6, 6.07) is 0. The van der Waals surface area contributed by atoms with E-state index in [9.17, 15) is 9.59 Å². The third kappa shape index (κ3) is 2.05. The molecule has 2 fully saturated rings. The van der Waals surface area contributed by atoms with Crippen molar-refractivity contribution in [3.05, 3.63) is 24.3 Å². The van der Waals surface area contributed by atoms with E-state index in [4.69, 9.17) is 0 Å². The Morgan fingerprint density at radius 3 is 2.80 bits per heavy atom. The van der Waals surface area contributed by atoms with Crippen LogP contribution in [-0.4, -0.2) is 58.3 Å². The van der Waals surface area contributed by atoms with Crippen molar-refractivity contribution in [3.63, 3.8) is 0 Å².